The number of nitrogens with zero attached hydrogens (tertiary/aromatic N) is 1. The maximum atomic E-state index is 12.6. The molecule has 0 atom stereocenters. The highest BCUT2D eigenvalue weighted by atomic mass is 32.2. The number of carbonyl (C=O) groups excluding carboxylic acids is 2. The zero-order chi connectivity index (χ0) is 23.3. The van der Waals surface area contributed by atoms with Gasteiger partial charge in [-0.15, -0.1) is 0 Å². The van der Waals surface area contributed by atoms with Gasteiger partial charge in [0.1, 0.15) is 0 Å². The van der Waals surface area contributed by atoms with Crippen LogP contribution in [-0.2, 0) is 10.0 Å². The number of amides is 2. The molecular weight excluding hydrogens is 438 g/mol. The zero-order valence-electron chi connectivity index (χ0n) is 18.0. The minimum absolute atomic E-state index is 0.123. The number of methoxy groups -OCH3 is 3. The van der Waals surface area contributed by atoms with E-state index in [1.165, 1.54) is 62.0 Å². The minimum atomic E-state index is -3.56. The first-order valence-electron chi connectivity index (χ1n) is 9.82. The molecule has 0 spiro atoms. The second-order valence-corrected chi connectivity index (χ2v) is 8.90. The van der Waals surface area contributed by atoms with Crippen LogP contribution < -0.4 is 25.1 Å². The van der Waals surface area contributed by atoms with E-state index in [-0.39, 0.29) is 27.5 Å². The lowest BCUT2D eigenvalue weighted by Gasteiger charge is -2.16. The summed E-state index contributed by atoms with van der Waals surface area (Å²) in [5.74, 6) is -0.294. The standard InChI is InChI=1S/C21H25N3O7S/c1-29-17-12-15(13-18(30-2)19(17)31-3)21(26)23-22-20(25)14-6-8-16(9-7-14)32(27,28)24-10-4-5-11-24/h6-9,12-13H,4-5,10-11H2,1-3H3,(H,22,25)(H,23,26). The molecule has 2 aromatic carbocycles. The lowest BCUT2D eigenvalue weighted by atomic mass is 10.1. The van der Waals surface area contributed by atoms with Crippen molar-refractivity contribution in [3.8, 4) is 17.2 Å². The Kier molecular flexibility index (Phi) is 7.21. The lowest BCUT2D eigenvalue weighted by molar-refractivity contribution is 0.0846. The van der Waals surface area contributed by atoms with Crippen molar-refractivity contribution in [1.82, 2.24) is 15.2 Å². The van der Waals surface area contributed by atoms with E-state index in [4.69, 9.17) is 14.2 Å². The maximum absolute atomic E-state index is 12.6. The molecule has 0 radical (unpaired) electrons. The van der Waals surface area contributed by atoms with Gasteiger partial charge >= 0.3 is 0 Å². The lowest BCUT2D eigenvalue weighted by Crippen LogP contribution is -2.41. The molecule has 1 fully saturated rings. The van der Waals surface area contributed by atoms with E-state index in [2.05, 4.69) is 10.9 Å². The van der Waals surface area contributed by atoms with Crippen molar-refractivity contribution < 1.29 is 32.2 Å². The molecule has 2 N–H and O–H groups in total. The molecule has 1 aliphatic heterocycles. The van der Waals surface area contributed by atoms with Gasteiger partial charge in [-0.3, -0.25) is 20.4 Å². The van der Waals surface area contributed by atoms with Crippen molar-refractivity contribution in [3.63, 3.8) is 0 Å². The first-order chi connectivity index (χ1) is 15.3. The van der Waals surface area contributed by atoms with E-state index < -0.39 is 21.8 Å². The quantitative estimate of drug-likeness (QED) is 0.598. The number of hydrogen-bond acceptors (Lipinski definition) is 7. The van der Waals surface area contributed by atoms with E-state index in [1.54, 1.807) is 0 Å². The van der Waals surface area contributed by atoms with E-state index in [0.29, 0.717) is 18.8 Å². The number of hydrogen-bond donors (Lipinski definition) is 2. The summed E-state index contributed by atoms with van der Waals surface area (Å²) < 4.78 is 42.2. The molecule has 0 unspecified atom stereocenters. The molecule has 11 heteroatoms. The molecule has 1 aliphatic rings. The predicted octanol–water partition coefficient (Wildman–Crippen LogP) is 1.57. The third-order valence-corrected chi connectivity index (χ3v) is 6.95. The van der Waals surface area contributed by atoms with Gasteiger partial charge in [0.15, 0.2) is 11.5 Å². The molecule has 0 saturated carbocycles. The van der Waals surface area contributed by atoms with Gasteiger partial charge in [0, 0.05) is 24.2 Å². The average Bonchev–Trinajstić information content (AvgIpc) is 3.37. The monoisotopic (exact) mass is 463 g/mol. The van der Waals surface area contributed by atoms with Crippen molar-refractivity contribution in [2.75, 3.05) is 34.4 Å². The molecule has 0 bridgehead atoms. The first-order valence-corrected chi connectivity index (χ1v) is 11.3. The summed E-state index contributed by atoms with van der Waals surface area (Å²) in [6.45, 7) is 0.995. The molecule has 172 valence electrons. The van der Waals surface area contributed by atoms with E-state index >= 15 is 0 Å². The van der Waals surface area contributed by atoms with E-state index in [0.717, 1.165) is 12.8 Å². The van der Waals surface area contributed by atoms with E-state index in [9.17, 15) is 18.0 Å². The fourth-order valence-corrected chi connectivity index (χ4v) is 4.84. The summed E-state index contributed by atoms with van der Waals surface area (Å²) in [6, 6.07) is 8.43. The number of rotatable bonds is 7. The Morgan fingerprint density at radius 3 is 1.78 bits per heavy atom. The number of benzene rings is 2. The second-order valence-electron chi connectivity index (χ2n) is 6.96. The van der Waals surface area contributed by atoms with Gasteiger partial charge in [0.25, 0.3) is 11.8 Å². The number of ether oxygens (including phenoxy) is 3. The first kappa shape index (κ1) is 23.4. The maximum Gasteiger partial charge on any atom is 0.269 e. The Labute approximate surface area is 186 Å². The normalized spacial score (nSPS) is 14.0. The van der Waals surface area contributed by atoms with Crippen molar-refractivity contribution in [3.05, 3.63) is 47.5 Å². The van der Waals surface area contributed by atoms with Gasteiger partial charge in [-0.1, -0.05) is 0 Å². The van der Waals surface area contributed by atoms with Gasteiger partial charge < -0.3 is 14.2 Å². The number of sulfonamides is 1. The Balaban J connectivity index is 1.67. The molecule has 32 heavy (non-hydrogen) atoms. The van der Waals surface area contributed by atoms with Gasteiger partial charge in [0.05, 0.1) is 26.2 Å². The third kappa shape index (κ3) is 4.78. The molecule has 1 saturated heterocycles. The van der Waals surface area contributed by atoms with Gasteiger partial charge in [0.2, 0.25) is 15.8 Å². The minimum Gasteiger partial charge on any atom is -0.493 e. The highest BCUT2D eigenvalue weighted by molar-refractivity contribution is 7.89. The van der Waals surface area contributed by atoms with E-state index in [1.807, 2.05) is 0 Å². The van der Waals surface area contributed by atoms with Crippen LogP contribution in [0.3, 0.4) is 0 Å². The van der Waals surface area contributed by atoms with Crippen LogP contribution in [0.25, 0.3) is 0 Å². The van der Waals surface area contributed by atoms with Crippen molar-refractivity contribution >= 4 is 21.8 Å². The summed E-state index contributed by atoms with van der Waals surface area (Å²) in [5.41, 5.74) is 4.98. The Bertz CT molecular complexity index is 1070. The Morgan fingerprint density at radius 2 is 1.31 bits per heavy atom. The topological polar surface area (TPSA) is 123 Å². The number of hydrazine groups is 1. The highest BCUT2D eigenvalue weighted by Crippen LogP contribution is 2.38. The van der Waals surface area contributed by atoms with Crippen molar-refractivity contribution in [2.45, 2.75) is 17.7 Å². The summed E-state index contributed by atoms with van der Waals surface area (Å²) in [6.07, 6.45) is 1.68. The third-order valence-electron chi connectivity index (χ3n) is 5.04. The van der Waals surface area contributed by atoms with Crippen molar-refractivity contribution in [1.29, 1.82) is 0 Å². The van der Waals surface area contributed by atoms with Gasteiger partial charge in [-0.2, -0.15) is 4.31 Å². The highest BCUT2D eigenvalue weighted by Gasteiger charge is 2.27. The molecule has 3 rings (SSSR count). The van der Waals surface area contributed by atoms with Gasteiger partial charge in [-0.05, 0) is 49.2 Å². The molecule has 0 aliphatic carbocycles. The van der Waals surface area contributed by atoms with Gasteiger partial charge in [-0.25, -0.2) is 8.42 Å². The molecule has 1 heterocycles. The summed E-state index contributed by atoms with van der Waals surface area (Å²) in [5, 5.41) is 0. The predicted molar refractivity (Wildman–Crippen MR) is 115 cm³/mol. The van der Waals surface area contributed by atoms with Crippen LogP contribution in [0, 0.1) is 0 Å². The van der Waals surface area contributed by atoms with Crippen LogP contribution in [0.15, 0.2) is 41.3 Å². The molecule has 2 aromatic rings. The Hall–Kier alpha value is -3.31. The fourth-order valence-electron chi connectivity index (χ4n) is 3.33. The summed E-state index contributed by atoms with van der Waals surface area (Å²) in [4.78, 5) is 25.0. The largest absolute Gasteiger partial charge is 0.493 e. The summed E-state index contributed by atoms with van der Waals surface area (Å²) in [7, 11) is 0.732. The smallest absolute Gasteiger partial charge is 0.269 e. The zero-order valence-corrected chi connectivity index (χ0v) is 18.8. The fraction of sp³-hybridized carbons (Fsp3) is 0.333. The summed E-state index contributed by atoms with van der Waals surface area (Å²) >= 11 is 0. The SMILES string of the molecule is COc1cc(C(=O)NNC(=O)c2ccc(S(=O)(=O)N3CCCC3)cc2)cc(OC)c1OC. The van der Waals surface area contributed by atoms with Crippen molar-refractivity contribution in [2.24, 2.45) is 0 Å². The Morgan fingerprint density at radius 1 is 0.812 bits per heavy atom. The average molecular weight is 464 g/mol. The van der Waals surface area contributed by atoms with Crippen LogP contribution in [-0.4, -0.2) is 59.0 Å². The van der Waals surface area contributed by atoms with Crippen LogP contribution in [0.5, 0.6) is 17.2 Å². The number of nitrogens with one attached hydrogen (secondary N) is 2. The molecular formula is C21H25N3O7S. The number of carbonyl (C=O) groups is 2. The van der Waals surface area contributed by atoms with Crippen LogP contribution >= 0.6 is 0 Å². The molecule has 0 aromatic heterocycles. The van der Waals surface area contributed by atoms with Crippen LogP contribution in [0.2, 0.25) is 0 Å². The second kappa shape index (κ2) is 9.88. The van der Waals surface area contributed by atoms with Crippen LogP contribution in [0.4, 0.5) is 0 Å². The van der Waals surface area contributed by atoms with Crippen LogP contribution in [0.1, 0.15) is 33.6 Å². The molecule has 2 amide bonds. The molecule has 10 nitrogen and oxygen atoms in total.